The second kappa shape index (κ2) is 7.17. The molecule has 2 aromatic rings. The molecule has 4 aliphatic rings. The van der Waals surface area contributed by atoms with Crippen LogP contribution < -0.4 is 15.4 Å². The number of fused-ring (bicyclic) bond motifs is 3. The number of nitrogens with one attached hydrogen (secondary N) is 2. The molecule has 2 heterocycles. The van der Waals surface area contributed by atoms with Crippen molar-refractivity contribution >= 4 is 11.8 Å². The van der Waals surface area contributed by atoms with Gasteiger partial charge in [0.25, 0.3) is 5.91 Å². The minimum atomic E-state index is -0.665. The van der Waals surface area contributed by atoms with Crippen LogP contribution in [0.1, 0.15) is 41.6 Å². The van der Waals surface area contributed by atoms with E-state index in [1.165, 1.54) is 5.56 Å². The third-order valence-electron chi connectivity index (χ3n) is 6.77. The van der Waals surface area contributed by atoms with Crippen LogP contribution in [0.3, 0.4) is 0 Å². The van der Waals surface area contributed by atoms with Crippen molar-refractivity contribution in [3.05, 3.63) is 59.9 Å². The zero-order valence-corrected chi connectivity index (χ0v) is 16.3. The molecule has 3 aliphatic carbocycles. The minimum Gasteiger partial charge on any atom is -0.467 e. The van der Waals surface area contributed by atoms with Gasteiger partial charge in [-0.2, -0.15) is 0 Å². The summed E-state index contributed by atoms with van der Waals surface area (Å²) in [5, 5.41) is 6.26. The smallest absolute Gasteiger partial charge is 0.258 e. The summed E-state index contributed by atoms with van der Waals surface area (Å²) < 4.78 is 6.36. The van der Waals surface area contributed by atoms with E-state index in [4.69, 9.17) is 4.74 Å². The number of hydrogen-bond acceptors (Lipinski definition) is 4. The number of amides is 2. The summed E-state index contributed by atoms with van der Waals surface area (Å²) in [6.07, 6.45) is 7.79. The van der Waals surface area contributed by atoms with Crippen molar-refractivity contribution < 1.29 is 14.3 Å². The van der Waals surface area contributed by atoms with Gasteiger partial charge >= 0.3 is 0 Å². The molecule has 6 rings (SSSR count). The molecular formula is C23H25N3O3. The Morgan fingerprint density at radius 3 is 2.83 bits per heavy atom. The largest absolute Gasteiger partial charge is 0.467 e. The van der Waals surface area contributed by atoms with Crippen LogP contribution in [0.2, 0.25) is 0 Å². The van der Waals surface area contributed by atoms with E-state index in [2.05, 4.69) is 15.6 Å². The molecule has 1 aliphatic heterocycles. The molecule has 29 heavy (non-hydrogen) atoms. The van der Waals surface area contributed by atoms with Crippen LogP contribution in [0.4, 0.5) is 0 Å². The summed E-state index contributed by atoms with van der Waals surface area (Å²) in [5.74, 6) is 1.09. The SMILES string of the molecule is O=C1N[C@]2(C[C@@H]3CC[C@@H]2C[C@@H]3C(=O)NCCc2ccncc2)Oc2ccccc21. The van der Waals surface area contributed by atoms with Crippen LogP contribution in [0.5, 0.6) is 5.75 Å². The van der Waals surface area contributed by atoms with Gasteiger partial charge in [0, 0.05) is 37.2 Å². The van der Waals surface area contributed by atoms with E-state index in [-0.39, 0.29) is 29.6 Å². The molecule has 1 spiro atoms. The predicted octanol–water partition coefficient (Wildman–Crippen LogP) is 2.70. The number of nitrogens with zero attached hydrogens (tertiary/aromatic N) is 1. The number of pyridine rings is 1. The Morgan fingerprint density at radius 1 is 1.21 bits per heavy atom. The molecule has 0 radical (unpaired) electrons. The molecule has 2 bridgehead atoms. The fraction of sp³-hybridized carbons (Fsp3) is 0.435. The zero-order chi connectivity index (χ0) is 19.8. The normalized spacial score (nSPS) is 29.7. The lowest BCUT2D eigenvalue weighted by atomic mass is 9.60. The van der Waals surface area contributed by atoms with Gasteiger partial charge in [0.2, 0.25) is 5.91 Å². The molecule has 1 aromatic heterocycles. The van der Waals surface area contributed by atoms with Crippen LogP contribution in [0.15, 0.2) is 48.8 Å². The number of benzene rings is 1. The maximum absolute atomic E-state index is 12.9. The van der Waals surface area contributed by atoms with Gasteiger partial charge in [-0.15, -0.1) is 0 Å². The molecule has 2 N–H and O–H groups in total. The molecule has 4 atom stereocenters. The zero-order valence-electron chi connectivity index (χ0n) is 16.3. The molecule has 6 heteroatoms. The first kappa shape index (κ1) is 18.2. The summed E-state index contributed by atoms with van der Waals surface area (Å²) in [6, 6.07) is 11.3. The van der Waals surface area contributed by atoms with E-state index in [1.807, 2.05) is 30.3 Å². The fourth-order valence-electron chi connectivity index (χ4n) is 5.29. The van der Waals surface area contributed by atoms with Gasteiger partial charge in [-0.25, -0.2) is 0 Å². The first-order chi connectivity index (χ1) is 14.1. The van der Waals surface area contributed by atoms with Crippen LogP contribution in [0, 0.1) is 17.8 Å². The molecular weight excluding hydrogens is 366 g/mol. The Kier molecular flexibility index (Phi) is 4.49. The van der Waals surface area contributed by atoms with E-state index in [1.54, 1.807) is 18.5 Å². The molecule has 0 saturated heterocycles. The average molecular weight is 391 g/mol. The summed E-state index contributed by atoms with van der Waals surface area (Å²) in [6.45, 7) is 0.627. The second-order valence-corrected chi connectivity index (χ2v) is 8.42. The monoisotopic (exact) mass is 391 g/mol. The number of para-hydroxylation sites is 1. The van der Waals surface area contributed by atoms with Gasteiger partial charge < -0.3 is 15.4 Å². The Bertz CT molecular complexity index is 932. The van der Waals surface area contributed by atoms with E-state index < -0.39 is 5.72 Å². The number of carbonyl (C=O) groups is 2. The quantitative estimate of drug-likeness (QED) is 0.840. The van der Waals surface area contributed by atoms with Crippen molar-refractivity contribution in [3.8, 4) is 5.75 Å². The summed E-state index contributed by atoms with van der Waals surface area (Å²) in [4.78, 5) is 29.5. The Morgan fingerprint density at radius 2 is 2.03 bits per heavy atom. The lowest BCUT2D eigenvalue weighted by Gasteiger charge is -2.55. The number of hydrogen-bond donors (Lipinski definition) is 2. The van der Waals surface area contributed by atoms with Gasteiger partial charge in [-0.3, -0.25) is 14.6 Å². The Hall–Kier alpha value is -2.89. The highest BCUT2D eigenvalue weighted by atomic mass is 16.5. The molecule has 0 unspecified atom stereocenters. The lowest BCUT2D eigenvalue weighted by Crippen LogP contribution is -2.66. The standard InChI is InChI=1S/C23H25N3O3/c27-21(25-12-9-15-7-10-24-11-8-15)19-13-17-6-5-16(19)14-23(17)26-22(28)18-3-1-2-4-20(18)29-23/h1-4,7-8,10-11,16-17,19H,5-6,9,12-14H2,(H,25,27)(H,26,28)/t16-,17+,19-,23+/m0/s1. The molecule has 1 aromatic carbocycles. The third-order valence-corrected chi connectivity index (χ3v) is 6.77. The van der Waals surface area contributed by atoms with E-state index in [0.29, 0.717) is 24.3 Å². The highest BCUT2D eigenvalue weighted by molar-refractivity contribution is 5.98. The van der Waals surface area contributed by atoms with Gasteiger partial charge in [-0.1, -0.05) is 12.1 Å². The van der Waals surface area contributed by atoms with Gasteiger partial charge in [-0.05, 0) is 61.4 Å². The van der Waals surface area contributed by atoms with E-state index in [9.17, 15) is 9.59 Å². The number of aromatic nitrogens is 1. The topological polar surface area (TPSA) is 80.3 Å². The molecule has 3 fully saturated rings. The van der Waals surface area contributed by atoms with Crippen molar-refractivity contribution in [2.75, 3.05) is 6.54 Å². The van der Waals surface area contributed by atoms with Crippen LogP contribution in [-0.2, 0) is 11.2 Å². The van der Waals surface area contributed by atoms with Crippen LogP contribution in [-0.4, -0.2) is 29.1 Å². The van der Waals surface area contributed by atoms with Crippen molar-refractivity contribution in [2.45, 2.75) is 37.8 Å². The Labute approximate surface area is 170 Å². The fourth-order valence-corrected chi connectivity index (χ4v) is 5.29. The van der Waals surface area contributed by atoms with E-state index >= 15 is 0 Å². The summed E-state index contributed by atoms with van der Waals surface area (Å²) in [7, 11) is 0. The predicted molar refractivity (Wildman–Crippen MR) is 107 cm³/mol. The number of carbonyl (C=O) groups excluding carboxylic acids is 2. The molecule has 150 valence electrons. The van der Waals surface area contributed by atoms with Crippen molar-refractivity contribution in [3.63, 3.8) is 0 Å². The highest BCUT2D eigenvalue weighted by Gasteiger charge is 2.57. The van der Waals surface area contributed by atoms with Crippen LogP contribution >= 0.6 is 0 Å². The van der Waals surface area contributed by atoms with Gasteiger partial charge in [0.05, 0.1) is 5.56 Å². The number of ether oxygens (including phenoxy) is 1. The molecule has 2 amide bonds. The first-order valence-electron chi connectivity index (χ1n) is 10.4. The Balaban J connectivity index is 1.25. The highest BCUT2D eigenvalue weighted by Crippen LogP contribution is 2.52. The maximum atomic E-state index is 12.9. The number of rotatable bonds is 4. The van der Waals surface area contributed by atoms with Gasteiger partial charge in [0.15, 0.2) is 5.72 Å². The maximum Gasteiger partial charge on any atom is 0.258 e. The summed E-state index contributed by atoms with van der Waals surface area (Å²) in [5.41, 5.74) is 1.09. The minimum absolute atomic E-state index is 0.00510. The van der Waals surface area contributed by atoms with Gasteiger partial charge in [0.1, 0.15) is 5.75 Å². The third kappa shape index (κ3) is 3.26. The second-order valence-electron chi connectivity index (χ2n) is 8.42. The van der Waals surface area contributed by atoms with Crippen LogP contribution in [0.25, 0.3) is 0 Å². The summed E-state index contributed by atoms with van der Waals surface area (Å²) >= 11 is 0. The lowest BCUT2D eigenvalue weighted by molar-refractivity contribution is -0.146. The molecule has 6 nitrogen and oxygen atoms in total. The van der Waals surface area contributed by atoms with Crippen molar-refractivity contribution in [1.82, 2.24) is 15.6 Å². The van der Waals surface area contributed by atoms with Crippen molar-refractivity contribution in [2.24, 2.45) is 17.8 Å². The van der Waals surface area contributed by atoms with Crippen molar-refractivity contribution in [1.29, 1.82) is 0 Å². The average Bonchev–Trinajstić information content (AvgIpc) is 2.75. The molecule has 3 saturated carbocycles. The first-order valence-corrected chi connectivity index (χ1v) is 10.4. The van der Waals surface area contributed by atoms with E-state index in [0.717, 1.165) is 25.7 Å².